The van der Waals surface area contributed by atoms with Crippen LogP contribution in [-0.2, 0) is 41.6 Å². The lowest BCUT2D eigenvalue weighted by atomic mass is 9.93. The van der Waals surface area contributed by atoms with Crippen LogP contribution in [0.5, 0.6) is 11.5 Å². The molecule has 2 aromatic rings. The molecule has 3 unspecified atom stereocenters. The zero-order chi connectivity index (χ0) is 33.6. The lowest BCUT2D eigenvalue weighted by Crippen LogP contribution is -2.52. The quantitative estimate of drug-likeness (QED) is 0.228. The molecule has 1 saturated heterocycles. The molecule has 1 heterocycles. The van der Waals surface area contributed by atoms with Crippen molar-refractivity contribution >= 4 is 17.8 Å². The molecule has 0 aromatic heterocycles. The summed E-state index contributed by atoms with van der Waals surface area (Å²) >= 11 is 0. The molecule has 254 valence electrons. The first-order chi connectivity index (χ1) is 22.1. The highest BCUT2D eigenvalue weighted by Crippen LogP contribution is 2.29. The highest BCUT2D eigenvalue weighted by atomic mass is 16.5. The molecule has 1 aliphatic heterocycles. The zero-order valence-electron chi connectivity index (χ0n) is 28.5. The second-order valence-corrected chi connectivity index (χ2v) is 12.1. The van der Waals surface area contributed by atoms with Crippen LogP contribution in [0.2, 0.25) is 0 Å². The number of likely N-dealkylation sites (tertiary alicyclic amines) is 1. The number of ether oxygens (including phenoxy) is 5. The van der Waals surface area contributed by atoms with Crippen LogP contribution in [0.25, 0.3) is 0 Å². The van der Waals surface area contributed by atoms with Crippen molar-refractivity contribution in [3.63, 3.8) is 0 Å². The summed E-state index contributed by atoms with van der Waals surface area (Å²) in [6.07, 6.45) is 3.21. The largest absolute Gasteiger partial charge is 0.497 e. The molecule has 10 heteroatoms. The van der Waals surface area contributed by atoms with Gasteiger partial charge in [-0.25, -0.2) is 4.79 Å². The van der Waals surface area contributed by atoms with E-state index >= 15 is 0 Å². The second-order valence-electron chi connectivity index (χ2n) is 12.1. The maximum atomic E-state index is 13.7. The number of nitrogens with zero attached hydrogens (tertiary/aromatic N) is 1. The van der Waals surface area contributed by atoms with Crippen LogP contribution in [-0.4, -0.2) is 82.0 Å². The van der Waals surface area contributed by atoms with Crippen molar-refractivity contribution < 1.29 is 38.1 Å². The number of amides is 2. The first kappa shape index (κ1) is 36.8. The first-order valence-corrected chi connectivity index (χ1v) is 16.2. The van der Waals surface area contributed by atoms with Crippen LogP contribution < -0.4 is 14.8 Å². The van der Waals surface area contributed by atoms with E-state index in [1.807, 2.05) is 35.2 Å². The Labute approximate surface area is 274 Å². The summed E-state index contributed by atoms with van der Waals surface area (Å²) in [5.74, 6) is 0.0470. The Morgan fingerprint density at radius 1 is 0.978 bits per heavy atom. The summed E-state index contributed by atoms with van der Waals surface area (Å²) in [7, 11) is 6.31. The number of carbonyl (C=O) groups excluding carboxylic acids is 3. The summed E-state index contributed by atoms with van der Waals surface area (Å²) < 4.78 is 28.0. The standard InChI is InChI=1S/C36H52N2O8/c1-8-24(2)19-29(43-5)22-33(39)38-18-12-15-31(38)34(45-7)25(3)35(40)37-30(20-26-13-10-9-11-14-26)36(41)46-23-27-16-17-28(42-4)21-32(27)44-6/h9-11,13-14,16-17,21,24-25,29-31,34H,8,12,15,18-20,22-23H2,1-7H3,(H,37,40)/t24-,25?,29-,30-,31?,34?/m0/s1. The smallest absolute Gasteiger partial charge is 0.329 e. The molecule has 1 aliphatic rings. The Hall–Kier alpha value is -3.63. The van der Waals surface area contributed by atoms with E-state index in [1.165, 1.54) is 7.11 Å². The molecule has 1 fully saturated rings. The third kappa shape index (κ3) is 10.2. The number of nitrogens with one attached hydrogen (secondary N) is 1. The predicted octanol–water partition coefficient (Wildman–Crippen LogP) is 4.96. The van der Waals surface area contributed by atoms with Crippen LogP contribution in [0.3, 0.4) is 0 Å². The Morgan fingerprint density at radius 2 is 1.72 bits per heavy atom. The molecule has 6 atom stereocenters. The number of benzene rings is 2. The van der Waals surface area contributed by atoms with Gasteiger partial charge in [0.25, 0.3) is 0 Å². The number of esters is 1. The third-order valence-electron chi connectivity index (χ3n) is 9.02. The Morgan fingerprint density at radius 3 is 2.35 bits per heavy atom. The SMILES string of the molecule is CC[C@H](C)C[C@@H](CC(=O)N1CCCC1C(OC)C(C)C(=O)N[C@@H](Cc1ccccc1)C(=O)OCc1ccc(OC)cc1OC)OC. The second kappa shape index (κ2) is 18.5. The summed E-state index contributed by atoms with van der Waals surface area (Å²) in [5, 5.41) is 2.93. The van der Waals surface area contributed by atoms with Gasteiger partial charge in [-0.2, -0.15) is 0 Å². The molecule has 0 radical (unpaired) electrons. The van der Waals surface area contributed by atoms with E-state index in [0.717, 1.165) is 31.2 Å². The minimum absolute atomic E-state index is 0.00630. The van der Waals surface area contributed by atoms with Crippen LogP contribution in [0.4, 0.5) is 0 Å². The Balaban J connectivity index is 1.72. The van der Waals surface area contributed by atoms with Gasteiger partial charge < -0.3 is 33.9 Å². The number of hydrogen-bond acceptors (Lipinski definition) is 8. The summed E-state index contributed by atoms with van der Waals surface area (Å²) in [5.41, 5.74) is 1.54. The van der Waals surface area contributed by atoms with Gasteiger partial charge >= 0.3 is 5.97 Å². The van der Waals surface area contributed by atoms with Gasteiger partial charge in [-0.05, 0) is 42.9 Å². The molecule has 0 aliphatic carbocycles. The Bertz CT molecular complexity index is 1260. The van der Waals surface area contributed by atoms with Crippen LogP contribution in [0.15, 0.2) is 48.5 Å². The van der Waals surface area contributed by atoms with Crippen molar-refractivity contribution in [1.29, 1.82) is 0 Å². The lowest BCUT2D eigenvalue weighted by molar-refractivity contribution is -0.150. The average Bonchev–Trinajstić information content (AvgIpc) is 3.56. The van der Waals surface area contributed by atoms with E-state index in [1.54, 1.807) is 46.5 Å². The van der Waals surface area contributed by atoms with Crippen molar-refractivity contribution in [3.8, 4) is 11.5 Å². The maximum absolute atomic E-state index is 13.7. The van der Waals surface area contributed by atoms with Gasteiger partial charge in [0.05, 0.1) is 44.8 Å². The molecule has 0 bridgehead atoms. The van der Waals surface area contributed by atoms with E-state index in [-0.39, 0.29) is 37.0 Å². The highest BCUT2D eigenvalue weighted by molar-refractivity contribution is 5.86. The van der Waals surface area contributed by atoms with Gasteiger partial charge in [-0.1, -0.05) is 57.5 Å². The summed E-state index contributed by atoms with van der Waals surface area (Å²) in [6.45, 7) is 6.64. The topological polar surface area (TPSA) is 113 Å². The van der Waals surface area contributed by atoms with E-state index in [0.29, 0.717) is 35.9 Å². The molecule has 3 rings (SSSR count). The molecule has 46 heavy (non-hydrogen) atoms. The van der Waals surface area contributed by atoms with Gasteiger partial charge in [0.2, 0.25) is 11.8 Å². The molecule has 2 aromatic carbocycles. The van der Waals surface area contributed by atoms with Gasteiger partial charge in [0.1, 0.15) is 24.1 Å². The minimum atomic E-state index is -0.941. The normalized spacial score (nSPS) is 17.8. The fourth-order valence-corrected chi connectivity index (χ4v) is 6.04. The van der Waals surface area contributed by atoms with Crippen molar-refractivity contribution in [2.75, 3.05) is 35.0 Å². The third-order valence-corrected chi connectivity index (χ3v) is 9.02. The molecule has 0 saturated carbocycles. The highest BCUT2D eigenvalue weighted by Gasteiger charge is 2.41. The molecular formula is C36H52N2O8. The first-order valence-electron chi connectivity index (χ1n) is 16.2. The van der Waals surface area contributed by atoms with Gasteiger partial charge in [-0.3, -0.25) is 9.59 Å². The lowest BCUT2D eigenvalue weighted by Gasteiger charge is -2.35. The van der Waals surface area contributed by atoms with Crippen molar-refractivity contribution in [1.82, 2.24) is 10.2 Å². The monoisotopic (exact) mass is 640 g/mol. The minimum Gasteiger partial charge on any atom is -0.497 e. The van der Waals surface area contributed by atoms with Gasteiger partial charge in [-0.15, -0.1) is 0 Å². The fourth-order valence-electron chi connectivity index (χ4n) is 6.04. The van der Waals surface area contributed by atoms with Crippen LogP contribution in [0, 0.1) is 11.8 Å². The fraction of sp³-hybridized carbons (Fsp3) is 0.583. The summed E-state index contributed by atoms with van der Waals surface area (Å²) in [4.78, 5) is 42.5. The number of hydrogen-bond donors (Lipinski definition) is 1. The van der Waals surface area contributed by atoms with E-state index in [4.69, 9.17) is 23.7 Å². The molecular weight excluding hydrogens is 588 g/mol. The average molecular weight is 641 g/mol. The van der Waals surface area contributed by atoms with E-state index in [2.05, 4.69) is 19.2 Å². The number of carbonyl (C=O) groups is 3. The van der Waals surface area contributed by atoms with E-state index in [9.17, 15) is 14.4 Å². The predicted molar refractivity (Wildman–Crippen MR) is 176 cm³/mol. The van der Waals surface area contributed by atoms with Crippen LogP contribution in [0.1, 0.15) is 64.0 Å². The van der Waals surface area contributed by atoms with Crippen molar-refractivity contribution in [2.45, 2.75) is 90.2 Å². The van der Waals surface area contributed by atoms with Crippen molar-refractivity contribution in [3.05, 3.63) is 59.7 Å². The zero-order valence-corrected chi connectivity index (χ0v) is 28.5. The number of rotatable bonds is 18. The van der Waals surface area contributed by atoms with Gasteiger partial charge in [0.15, 0.2) is 0 Å². The van der Waals surface area contributed by atoms with Gasteiger partial charge in [0, 0.05) is 38.8 Å². The number of methoxy groups -OCH3 is 4. The molecule has 2 amide bonds. The molecule has 10 nitrogen and oxygen atoms in total. The van der Waals surface area contributed by atoms with Crippen molar-refractivity contribution in [2.24, 2.45) is 11.8 Å². The summed E-state index contributed by atoms with van der Waals surface area (Å²) in [6, 6.07) is 13.5. The van der Waals surface area contributed by atoms with E-state index < -0.39 is 24.0 Å². The Kier molecular flexibility index (Phi) is 14.8. The molecule has 0 spiro atoms. The molecule has 1 N–H and O–H groups in total. The maximum Gasteiger partial charge on any atom is 0.329 e. The van der Waals surface area contributed by atoms with Crippen LogP contribution >= 0.6 is 0 Å².